The van der Waals surface area contributed by atoms with Gasteiger partial charge in [-0.05, 0) is 0 Å². The lowest BCUT2D eigenvalue weighted by molar-refractivity contribution is -0.403. The second-order valence-corrected chi connectivity index (χ2v) is 1.54. The average Bonchev–Trinajstić information content (AvgIpc) is 1.86. The minimum absolute atomic E-state index is 1.10. The number of ether oxygens (including phenoxy) is 2. The Balaban J connectivity index is 3.92. The van der Waals surface area contributed by atoms with E-state index in [9.17, 15) is 8.96 Å². The van der Waals surface area contributed by atoms with E-state index >= 15 is 0 Å². The van der Waals surface area contributed by atoms with Crippen LogP contribution in [0.1, 0.15) is 6.92 Å². The van der Waals surface area contributed by atoms with Gasteiger partial charge < -0.3 is 9.47 Å². The van der Waals surface area contributed by atoms with Crippen LogP contribution in [0.15, 0.2) is 0 Å². The SMILES string of the molecule is COC(C)(OC)N(F)F. The van der Waals surface area contributed by atoms with Gasteiger partial charge in [-0.25, -0.2) is 0 Å². The molecule has 0 N–H and O–H groups in total. The molecule has 56 valence electrons. The number of hydrogen-bond acceptors (Lipinski definition) is 3. The minimum Gasteiger partial charge on any atom is -0.337 e. The molecule has 0 saturated heterocycles. The van der Waals surface area contributed by atoms with E-state index in [0.29, 0.717) is 0 Å². The summed E-state index contributed by atoms with van der Waals surface area (Å²) in [4.78, 5) is 0. The van der Waals surface area contributed by atoms with Crippen LogP contribution in [0.5, 0.6) is 0 Å². The summed E-state index contributed by atoms with van der Waals surface area (Å²) in [5.74, 6) is -1.92. The van der Waals surface area contributed by atoms with Crippen LogP contribution in [0, 0.1) is 0 Å². The van der Waals surface area contributed by atoms with Crippen molar-refractivity contribution in [3.05, 3.63) is 0 Å². The van der Waals surface area contributed by atoms with Gasteiger partial charge in [-0.2, -0.15) is 0 Å². The van der Waals surface area contributed by atoms with Crippen molar-refractivity contribution in [3.8, 4) is 0 Å². The van der Waals surface area contributed by atoms with Gasteiger partial charge in [0.05, 0.1) is 5.34 Å². The van der Waals surface area contributed by atoms with Crippen LogP contribution in [0.2, 0.25) is 0 Å². The molecular formula is C4H9F2NO2. The largest absolute Gasteiger partial charge is 0.337 e. The number of hydrogen-bond donors (Lipinski definition) is 0. The first-order chi connectivity index (χ1) is 4.06. The van der Waals surface area contributed by atoms with Gasteiger partial charge in [0.2, 0.25) is 0 Å². The lowest BCUT2D eigenvalue weighted by atomic mass is 10.6. The summed E-state index contributed by atoms with van der Waals surface area (Å²) in [7, 11) is 2.27. The third-order valence-electron chi connectivity index (χ3n) is 1.06. The van der Waals surface area contributed by atoms with Crippen LogP contribution in [-0.2, 0) is 9.47 Å². The molecule has 3 nitrogen and oxygen atoms in total. The number of rotatable bonds is 3. The molecule has 0 aliphatic rings. The van der Waals surface area contributed by atoms with Gasteiger partial charge >= 0.3 is 0 Å². The van der Waals surface area contributed by atoms with Crippen molar-refractivity contribution in [1.82, 2.24) is 5.34 Å². The summed E-state index contributed by atoms with van der Waals surface area (Å²) in [6.07, 6.45) is 0. The van der Waals surface area contributed by atoms with E-state index in [0.717, 1.165) is 21.1 Å². The first kappa shape index (κ1) is 8.74. The highest BCUT2D eigenvalue weighted by Crippen LogP contribution is 2.16. The van der Waals surface area contributed by atoms with Gasteiger partial charge in [-0.3, -0.25) is 0 Å². The van der Waals surface area contributed by atoms with E-state index in [1.54, 1.807) is 0 Å². The Hall–Kier alpha value is -0.260. The Labute approximate surface area is 52.0 Å². The molecule has 0 heterocycles. The summed E-state index contributed by atoms with van der Waals surface area (Å²) < 4.78 is 31.9. The van der Waals surface area contributed by atoms with Crippen molar-refractivity contribution in [2.75, 3.05) is 14.2 Å². The second-order valence-electron chi connectivity index (χ2n) is 1.54. The first-order valence-corrected chi connectivity index (χ1v) is 2.29. The lowest BCUT2D eigenvalue weighted by Gasteiger charge is -2.24. The number of halogens is 2. The molecule has 9 heavy (non-hydrogen) atoms. The molecule has 0 fully saturated rings. The molecule has 0 spiro atoms. The summed E-state index contributed by atoms with van der Waals surface area (Å²) in [6, 6.07) is 0. The van der Waals surface area contributed by atoms with Crippen molar-refractivity contribution >= 4 is 0 Å². The lowest BCUT2D eigenvalue weighted by Crippen LogP contribution is -2.40. The molecule has 0 aromatic rings. The number of nitrogens with zero attached hydrogens (tertiary/aromatic N) is 1. The van der Waals surface area contributed by atoms with Crippen LogP contribution in [-0.4, -0.2) is 25.5 Å². The molecule has 0 bridgehead atoms. The fraction of sp³-hybridized carbons (Fsp3) is 1.00. The predicted octanol–water partition coefficient (Wildman–Crippen LogP) is 1.02. The Kier molecular flexibility index (Phi) is 2.96. The van der Waals surface area contributed by atoms with Crippen LogP contribution in [0.25, 0.3) is 0 Å². The van der Waals surface area contributed by atoms with E-state index in [1.807, 2.05) is 0 Å². The van der Waals surface area contributed by atoms with Gasteiger partial charge in [0, 0.05) is 21.1 Å². The highest BCUT2D eigenvalue weighted by Gasteiger charge is 2.33. The van der Waals surface area contributed by atoms with Gasteiger partial charge in [0.1, 0.15) is 0 Å². The normalized spacial score (nSPS) is 12.7. The maximum absolute atomic E-state index is 11.7. The molecule has 0 aliphatic heterocycles. The van der Waals surface area contributed by atoms with Crippen molar-refractivity contribution < 1.29 is 18.4 Å². The zero-order valence-electron chi connectivity index (χ0n) is 5.52. The third kappa shape index (κ3) is 1.85. The number of methoxy groups -OCH3 is 2. The Morgan fingerprint density at radius 3 is 1.56 bits per heavy atom. The standard InChI is InChI=1S/C4H9F2NO2/c1-4(8-2,9-3)7(5)6/h1-3H3. The molecule has 0 radical (unpaired) electrons. The van der Waals surface area contributed by atoms with E-state index in [1.165, 1.54) is 0 Å². The molecule has 0 atom stereocenters. The maximum atomic E-state index is 11.7. The van der Waals surface area contributed by atoms with Crippen molar-refractivity contribution in [1.29, 1.82) is 0 Å². The maximum Gasteiger partial charge on any atom is 0.284 e. The van der Waals surface area contributed by atoms with Gasteiger partial charge in [0.15, 0.2) is 0 Å². The van der Waals surface area contributed by atoms with E-state index < -0.39 is 11.3 Å². The van der Waals surface area contributed by atoms with Gasteiger partial charge in [-0.15, -0.1) is 0 Å². The van der Waals surface area contributed by atoms with Crippen molar-refractivity contribution in [2.45, 2.75) is 12.8 Å². The molecule has 0 unspecified atom stereocenters. The van der Waals surface area contributed by atoms with Crippen molar-refractivity contribution in [3.63, 3.8) is 0 Å². The van der Waals surface area contributed by atoms with Crippen LogP contribution in [0.3, 0.4) is 0 Å². The summed E-state index contributed by atoms with van der Waals surface area (Å²) >= 11 is 0. The monoisotopic (exact) mass is 141 g/mol. The fourth-order valence-corrected chi connectivity index (χ4v) is 0.221. The molecule has 0 saturated carbocycles. The van der Waals surface area contributed by atoms with E-state index in [2.05, 4.69) is 9.47 Å². The Morgan fingerprint density at radius 1 is 1.22 bits per heavy atom. The summed E-state index contributed by atoms with van der Waals surface area (Å²) in [5, 5.41) is -1.15. The smallest absolute Gasteiger partial charge is 0.284 e. The minimum atomic E-state index is -1.92. The molecule has 0 aromatic carbocycles. The zero-order chi connectivity index (χ0) is 7.49. The summed E-state index contributed by atoms with van der Waals surface area (Å²) in [6.45, 7) is 1.10. The molecule has 0 aromatic heterocycles. The van der Waals surface area contributed by atoms with E-state index in [4.69, 9.17) is 0 Å². The van der Waals surface area contributed by atoms with E-state index in [-0.39, 0.29) is 0 Å². The molecule has 5 heteroatoms. The van der Waals surface area contributed by atoms with Crippen LogP contribution >= 0.6 is 0 Å². The van der Waals surface area contributed by atoms with Crippen molar-refractivity contribution in [2.24, 2.45) is 0 Å². The van der Waals surface area contributed by atoms with Gasteiger partial charge in [0.25, 0.3) is 5.91 Å². The quantitative estimate of drug-likeness (QED) is 0.432. The molecular weight excluding hydrogens is 132 g/mol. The van der Waals surface area contributed by atoms with Crippen LogP contribution < -0.4 is 0 Å². The summed E-state index contributed by atoms with van der Waals surface area (Å²) in [5.41, 5.74) is 0. The van der Waals surface area contributed by atoms with Gasteiger partial charge in [-0.1, -0.05) is 8.96 Å². The highest BCUT2D eigenvalue weighted by molar-refractivity contribution is 4.46. The molecule has 0 aliphatic carbocycles. The molecule has 0 rings (SSSR count). The average molecular weight is 141 g/mol. The fourth-order valence-electron chi connectivity index (χ4n) is 0.221. The highest BCUT2D eigenvalue weighted by atomic mass is 19.4. The zero-order valence-corrected chi connectivity index (χ0v) is 5.52. The Bertz CT molecular complexity index is 84.6. The molecule has 0 amide bonds. The topological polar surface area (TPSA) is 21.7 Å². The predicted molar refractivity (Wildman–Crippen MR) is 26.5 cm³/mol. The third-order valence-corrected chi connectivity index (χ3v) is 1.06. The first-order valence-electron chi connectivity index (χ1n) is 2.29. The van der Waals surface area contributed by atoms with Crippen LogP contribution in [0.4, 0.5) is 8.96 Å². The second kappa shape index (κ2) is 3.05. The Morgan fingerprint density at radius 2 is 1.56 bits per heavy atom.